The molecular weight excluding hydrogens is 224 g/mol. The van der Waals surface area contributed by atoms with Gasteiger partial charge in [0.25, 0.3) is 0 Å². The number of rotatable bonds is 5. The minimum atomic E-state index is 0.0383. The van der Waals surface area contributed by atoms with E-state index in [2.05, 4.69) is 51.8 Å². The van der Waals surface area contributed by atoms with E-state index in [1.165, 1.54) is 0 Å². The third kappa shape index (κ3) is 3.25. The third-order valence-corrected chi connectivity index (χ3v) is 4.09. The van der Waals surface area contributed by atoms with Crippen LogP contribution in [-0.4, -0.2) is 29.1 Å². The molecule has 3 nitrogen and oxygen atoms in total. The number of hydrogen-bond donors (Lipinski definition) is 1. The highest BCUT2D eigenvalue weighted by molar-refractivity contribution is 5.84. The summed E-state index contributed by atoms with van der Waals surface area (Å²) in [4.78, 5) is 14.6. The zero-order valence-corrected chi connectivity index (χ0v) is 12.9. The normalized spacial score (nSPS) is 26.8. The molecule has 1 heterocycles. The molecule has 3 unspecified atom stereocenters. The monoisotopic (exact) mass is 254 g/mol. The molecule has 0 bridgehead atoms. The SMILES string of the molecule is CCCC1NC(CCC)N(C(C)C(C)(C)C)C1=O. The fourth-order valence-corrected chi connectivity index (χ4v) is 2.59. The van der Waals surface area contributed by atoms with Gasteiger partial charge in [-0.05, 0) is 25.2 Å². The van der Waals surface area contributed by atoms with Crippen molar-refractivity contribution >= 4 is 5.91 Å². The van der Waals surface area contributed by atoms with Crippen molar-refractivity contribution < 1.29 is 4.79 Å². The second kappa shape index (κ2) is 6.05. The van der Waals surface area contributed by atoms with E-state index >= 15 is 0 Å². The van der Waals surface area contributed by atoms with Crippen LogP contribution in [0.2, 0.25) is 0 Å². The Labute approximate surface area is 112 Å². The summed E-state index contributed by atoms with van der Waals surface area (Å²) in [5.41, 5.74) is 0.129. The van der Waals surface area contributed by atoms with E-state index in [-0.39, 0.29) is 23.7 Å². The lowest BCUT2D eigenvalue weighted by Crippen LogP contribution is -2.48. The number of nitrogens with zero attached hydrogens (tertiary/aromatic N) is 1. The lowest BCUT2D eigenvalue weighted by atomic mass is 9.86. The lowest BCUT2D eigenvalue weighted by molar-refractivity contribution is -0.134. The van der Waals surface area contributed by atoms with Gasteiger partial charge in [-0.25, -0.2) is 0 Å². The van der Waals surface area contributed by atoms with Gasteiger partial charge in [0, 0.05) is 6.04 Å². The number of carbonyl (C=O) groups excluding carboxylic acids is 1. The van der Waals surface area contributed by atoms with Crippen LogP contribution in [0.1, 0.15) is 67.2 Å². The Kier molecular flexibility index (Phi) is 5.20. The molecular formula is C15H30N2O. The van der Waals surface area contributed by atoms with Gasteiger partial charge in [-0.2, -0.15) is 0 Å². The topological polar surface area (TPSA) is 32.3 Å². The fourth-order valence-electron chi connectivity index (χ4n) is 2.59. The van der Waals surface area contributed by atoms with Crippen LogP contribution in [0.3, 0.4) is 0 Å². The van der Waals surface area contributed by atoms with Gasteiger partial charge in [0.15, 0.2) is 0 Å². The molecule has 3 atom stereocenters. The van der Waals surface area contributed by atoms with E-state index < -0.39 is 0 Å². The van der Waals surface area contributed by atoms with Gasteiger partial charge in [-0.3, -0.25) is 10.1 Å². The summed E-state index contributed by atoms with van der Waals surface area (Å²) in [7, 11) is 0. The van der Waals surface area contributed by atoms with E-state index in [4.69, 9.17) is 0 Å². The van der Waals surface area contributed by atoms with Crippen molar-refractivity contribution in [1.82, 2.24) is 10.2 Å². The Hall–Kier alpha value is -0.570. The summed E-state index contributed by atoms with van der Waals surface area (Å²) in [5, 5.41) is 3.52. The molecule has 3 heteroatoms. The predicted octanol–water partition coefficient (Wildman–Crippen LogP) is 3.15. The molecule has 0 aliphatic carbocycles. The second-order valence-corrected chi connectivity index (χ2v) is 6.60. The van der Waals surface area contributed by atoms with E-state index in [9.17, 15) is 4.79 Å². The molecule has 1 aliphatic rings. The first-order valence-corrected chi connectivity index (χ1v) is 7.41. The highest BCUT2D eigenvalue weighted by Crippen LogP contribution is 2.30. The molecule has 0 radical (unpaired) electrons. The van der Waals surface area contributed by atoms with Crippen LogP contribution in [-0.2, 0) is 4.79 Å². The predicted molar refractivity (Wildman–Crippen MR) is 76.3 cm³/mol. The first-order valence-electron chi connectivity index (χ1n) is 7.41. The zero-order chi connectivity index (χ0) is 13.9. The molecule has 0 aromatic heterocycles. The van der Waals surface area contributed by atoms with Crippen molar-refractivity contribution in [2.45, 2.75) is 85.5 Å². The van der Waals surface area contributed by atoms with Crippen LogP contribution >= 0.6 is 0 Å². The zero-order valence-electron chi connectivity index (χ0n) is 12.9. The minimum Gasteiger partial charge on any atom is -0.323 e. The molecule has 1 amide bonds. The quantitative estimate of drug-likeness (QED) is 0.817. The van der Waals surface area contributed by atoms with Gasteiger partial charge in [-0.1, -0.05) is 47.5 Å². The number of nitrogens with one attached hydrogen (secondary N) is 1. The minimum absolute atomic E-state index is 0.0383. The van der Waals surface area contributed by atoms with E-state index in [1.54, 1.807) is 0 Å². The Morgan fingerprint density at radius 1 is 1.22 bits per heavy atom. The summed E-state index contributed by atoms with van der Waals surface area (Å²) in [6.45, 7) is 13.1. The Bertz CT molecular complexity index is 283. The average Bonchev–Trinajstić information content (AvgIpc) is 2.55. The summed E-state index contributed by atoms with van der Waals surface area (Å²) < 4.78 is 0. The highest BCUT2D eigenvalue weighted by Gasteiger charge is 2.42. The molecule has 0 spiro atoms. The van der Waals surface area contributed by atoms with Crippen LogP contribution in [0.15, 0.2) is 0 Å². The smallest absolute Gasteiger partial charge is 0.241 e. The summed E-state index contributed by atoms with van der Waals surface area (Å²) in [5.74, 6) is 0.303. The maximum absolute atomic E-state index is 12.5. The van der Waals surface area contributed by atoms with E-state index in [1.807, 2.05) is 0 Å². The molecule has 1 saturated heterocycles. The third-order valence-electron chi connectivity index (χ3n) is 4.09. The standard InChI is InChI=1S/C15H30N2O/c1-7-9-12-14(18)17(11(3)15(4,5)6)13(16-12)10-8-2/h11-13,16H,7-10H2,1-6H3. The highest BCUT2D eigenvalue weighted by atomic mass is 16.2. The molecule has 1 fully saturated rings. The first kappa shape index (κ1) is 15.5. The number of amides is 1. The van der Waals surface area contributed by atoms with Crippen molar-refractivity contribution in [3.63, 3.8) is 0 Å². The Morgan fingerprint density at radius 3 is 2.22 bits per heavy atom. The summed E-state index contributed by atoms with van der Waals surface area (Å²) >= 11 is 0. The molecule has 0 aromatic carbocycles. The van der Waals surface area contributed by atoms with Crippen LogP contribution in [0.5, 0.6) is 0 Å². The largest absolute Gasteiger partial charge is 0.323 e. The van der Waals surface area contributed by atoms with Crippen LogP contribution in [0.25, 0.3) is 0 Å². The average molecular weight is 254 g/mol. The summed E-state index contributed by atoms with van der Waals surface area (Å²) in [6, 6.07) is 0.312. The maximum atomic E-state index is 12.5. The van der Waals surface area contributed by atoms with Crippen molar-refractivity contribution in [2.75, 3.05) is 0 Å². The molecule has 0 aromatic rings. The first-order chi connectivity index (χ1) is 8.32. The van der Waals surface area contributed by atoms with Crippen molar-refractivity contribution in [3.05, 3.63) is 0 Å². The van der Waals surface area contributed by atoms with Gasteiger partial charge >= 0.3 is 0 Å². The molecule has 1 aliphatic heterocycles. The van der Waals surface area contributed by atoms with E-state index in [0.717, 1.165) is 25.7 Å². The van der Waals surface area contributed by atoms with Crippen LogP contribution in [0, 0.1) is 5.41 Å². The van der Waals surface area contributed by atoms with Gasteiger partial charge in [-0.15, -0.1) is 0 Å². The van der Waals surface area contributed by atoms with Crippen molar-refractivity contribution in [1.29, 1.82) is 0 Å². The van der Waals surface area contributed by atoms with Crippen LogP contribution < -0.4 is 5.32 Å². The number of carbonyl (C=O) groups is 1. The van der Waals surface area contributed by atoms with E-state index in [0.29, 0.717) is 5.91 Å². The molecule has 0 saturated carbocycles. The molecule has 1 N–H and O–H groups in total. The Morgan fingerprint density at radius 2 is 1.78 bits per heavy atom. The molecule has 1 rings (SSSR count). The van der Waals surface area contributed by atoms with Crippen molar-refractivity contribution in [2.24, 2.45) is 5.41 Å². The second-order valence-electron chi connectivity index (χ2n) is 6.60. The van der Waals surface area contributed by atoms with Gasteiger partial charge in [0.1, 0.15) is 0 Å². The fraction of sp³-hybridized carbons (Fsp3) is 0.933. The maximum Gasteiger partial charge on any atom is 0.241 e. The molecule has 106 valence electrons. The van der Waals surface area contributed by atoms with Gasteiger partial charge in [0.2, 0.25) is 5.91 Å². The van der Waals surface area contributed by atoms with Gasteiger partial charge < -0.3 is 4.90 Å². The van der Waals surface area contributed by atoms with Gasteiger partial charge in [0.05, 0.1) is 12.2 Å². The summed E-state index contributed by atoms with van der Waals surface area (Å²) in [6.07, 6.45) is 4.39. The molecule has 18 heavy (non-hydrogen) atoms. The Balaban J connectivity index is 2.87. The van der Waals surface area contributed by atoms with Crippen LogP contribution in [0.4, 0.5) is 0 Å². The lowest BCUT2D eigenvalue weighted by Gasteiger charge is -2.38. The van der Waals surface area contributed by atoms with Crippen molar-refractivity contribution in [3.8, 4) is 0 Å². The number of hydrogen-bond acceptors (Lipinski definition) is 2.